The van der Waals surface area contributed by atoms with Crippen molar-refractivity contribution >= 4 is 11.7 Å². The minimum Gasteiger partial charge on any atom is -0.385 e. The van der Waals surface area contributed by atoms with Gasteiger partial charge in [-0.15, -0.1) is 0 Å². The Kier molecular flexibility index (Phi) is 5.10. The molecule has 1 aliphatic rings. The van der Waals surface area contributed by atoms with Crippen LogP contribution in [-0.4, -0.2) is 45.6 Å². The highest BCUT2D eigenvalue weighted by Gasteiger charge is 2.28. The first-order valence-corrected chi connectivity index (χ1v) is 8.35. The lowest BCUT2D eigenvalue weighted by Crippen LogP contribution is -2.36. The van der Waals surface area contributed by atoms with Crippen LogP contribution in [0, 0.1) is 5.92 Å². The number of aliphatic hydroxyl groups excluding tert-OH is 1. The van der Waals surface area contributed by atoms with Crippen LogP contribution in [0.3, 0.4) is 0 Å². The summed E-state index contributed by atoms with van der Waals surface area (Å²) in [5.74, 6) is 1.60. The van der Waals surface area contributed by atoms with Gasteiger partial charge in [0, 0.05) is 38.2 Å². The summed E-state index contributed by atoms with van der Waals surface area (Å²) in [5, 5.41) is 13.1. The van der Waals surface area contributed by atoms with Crippen LogP contribution in [0.5, 0.6) is 0 Å². The monoisotopic (exact) mass is 329 g/mol. The zero-order valence-electron chi connectivity index (χ0n) is 13.8. The number of piperidine rings is 1. The molecule has 1 saturated heterocycles. The van der Waals surface area contributed by atoms with Gasteiger partial charge in [-0.25, -0.2) is 9.97 Å². The second kappa shape index (κ2) is 7.44. The Bertz CT molecular complexity index is 648. The lowest BCUT2D eigenvalue weighted by atomic mass is 9.91. The van der Waals surface area contributed by atoms with Crippen LogP contribution in [0.25, 0.3) is 0 Å². The van der Waals surface area contributed by atoms with Crippen LogP contribution in [0.15, 0.2) is 30.7 Å². The molecule has 3 rings (SSSR count). The highest BCUT2D eigenvalue weighted by molar-refractivity contribution is 5.93. The number of carbonyl (C=O) groups is 1. The van der Waals surface area contributed by atoms with Crippen molar-refractivity contribution in [1.29, 1.82) is 0 Å². The first kappa shape index (κ1) is 16.4. The van der Waals surface area contributed by atoms with Crippen LogP contribution in [-0.2, 0) is 0 Å². The third-order valence-corrected chi connectivity index (χ3v) is 4.46. The summed E-state index contributed by atoms with van der Waals surface area (Å²) in [6.45, 7) is 4.15. The fraction of sp³-hybridized carbons (Fsp3) is 0.471. The number of carbonyl (C=O) groups excluding carboxylic acids is 1. The van der Waals surface area contributed by atoms with Gasteiger partial charge in [0.05, 0.1) is 5.56 Å². The maximum absolute atomic E-state index is 11.8. The molecule has 128 valence electrons. The third kappa shape index (κ3) is 3.56. The van der Waals surface area contributed by atoms with Gasteiger partial charge in [0.2, 0.25) is 0 Å². The SMILES string of the molecule is CCNC(=O)c1ccc(N2CCC(C(O)c3ncc[nH]3)CC2)nc1. The van der Waals surface area contributed by atoms with Gasteiger partial charge in [-0.3, -0.25) is 4.79 Å². The average Bonchev–Trinajstić information content (AvgIpc) is 3.16. The van der Waals surface area contributed by atoms with Crippen molar-refractivity contribution in [3.05, 3.63) is 42.1 Å². The molecule has 24 heavy (non-hydrogen) atoms. The minimum atomic E-state index is -0.546. The van der Waals surface area contributed by atoms with Gasteiger partial charge < -0.3 is 20.3 Å². The molecule has 2 aromatic heterocycles. The number of nitrogens with one attached hydrogen (secondary N) is 2. The number of rotatable bonds is 5. The largest absolute Gasteiger partial charge is 0.385 e. The number of aromatic nitrogens is 3. The molecule has 7 heteroatoms. The van der Waals surface area contributed by atoms with E-state index in [1.165, 1.54) is 0 Å². The minimum absolute atomic E-state index is 0.100. The van der Waals surface area contributed by atoms with E-state index in [0.29, 0.717) is 17.9 Å². The number of pyridine rings is 1. The number of H-pyrrole nitrogens is 1. The Balaban J connectivity index is 1.57. The molecule has 7 nitrogen and oxygen atoms in total. The molecular weight excluding hydrogens is 306 g/mol. The highest BCUT2D eigenvalue weighted by Crippen LogP contribution is 2.30. The maximum Gasteiger partial charge on any atom is 0.252 e. The molecule has 1 aliphatic heterocycles. The molecule has 1 atom stereocenters. The standard InChI is InChI=1S/C17H23N5O2/c1-2-18-17(24)13-3-4-14(21-11-13)22-9-5-12(6-10-22)15(23)16-19-7-8-20-16/h3-4,7-8,11-12,15,23H,2,5-6,9-10H2,1H3,(H,18,24)(H,19,20). The Morgan fingerprint density at radius 1 is 1.42 bits per heavy atom. The van der Waals surface area contributed by atoms with E-state index in [9.17, 15) is 9.90 Å². The van der Waals surface area contributed by atoms with Gasteiger partial charge in [-0.1, -0.05) is 0 Å². The summed E-state index contributed by atoms with van der Waals surface area (Å²) in [6.07, 6.45) is 6.21. The van der Waals surface area contributed by atoms with E-state index in [1.807, 2.05) is 13.0 Å². The molecule has 3 N–H and O–H groups in total. The van der Waals surface area contributed by atoms with Crippen LogP contribution >= 0.6 is 0 Å². The Morgan fingerprint density at radius 2 is 2.21 bits per heavy atom. The maximum atomic E-state index is 11.8. The van der Waals surface area contributed by atoms with Gasteiger partial charge in [0.15, 0.2) is 0 Å². The van der Waals surface area contributed by atoms with E-state index in [0.717, 1.165) is 31.7 Å². The molecule has 0 bridgehead atoms. The van der Waals surface area contributed by atoms with Gasteiger partial charge in [0.1, 0.15) is 17.7 Å². The molecule has 0 spiro atoms. The van der Waals surface area contributed by atoms with Crippen LogP contribution in [0.4, 0.5) is 5.82 Å². The van der Waals surface area contributed by atoms with Crippen molar-refractivity contribution in [3.8, 4) is 0 Å². The average molecular weight is 329 g/mol. The predicted octanol–water partition coefficient (Wildman–Crippen LogP) is 1.50. The third-order valence-electron chi connectivity index (χ3n) is 4.46. The number of anilines is 1. The first-order chi connectivity index (χ1) is 11.7. The van der Waals surface area contributed by atoms with Crippen molar-refractivity contribution in [2.24, 2.45) is 5.92 Å². The van der Waals surface area contributed by atoms with Gasteiger partial charge >= 0.3 is 0 Å². The Morgan fingerprint density at radius 3 is 2.79 bits per heavy atom. The number of amides is 1. The zero-order valence-corrected chi connectivity index (χ0v) is 13.8. The second-order valence-electron chi connectivity index (χ2n) is 6.01. The number of hydrogen-bond acceptors (Lipinski definition) is 5. The van der Waals surface area contributed by atoms with Crippen molar-refractivity contribution in [3.63, 3.8) is 0 Å². The lowest BCUT2D eigenvalue weighted by molar-refractivity contribution is 0.0856. The predicted molar refractivity (Wildman–Crippen MR) is 90.7 cm³/mol. The van der Waals surface area contributed by atoms with Crippen molar-refractivity contribution in [2.45, 2.75) is 25.9 Å². The number of aromatic amines is 1. The van der Waals surface area contributed by atoms with Gasteiger partial charge in [-0.05, 0) is 37.8 Å². The molecule has 0 saturated carbocycles. The summed E-state index contributed by atoms with van der Waals surface area (Å²) in [6, 6.07) is 3.69. The van der Waals surface area contributed by atoms with E-state index in [-0.39, 0.29) is 11.8 Å². The number of imidazole rings is 1. The topological polar surface area (TPSA) is 94.1 Å². The molecule has 0 aliphatic carbocycles. The van der Waals surface area contributed by atoms with Gasteiger partial charge in [0.25, 0.3) is 5.91 Å². The smallest absolute Gasteiger partial charge is 0.252 e. The fourth-order valence-corrected chi connectivity index (χ4v) is 3.08. The van der Waals surface area contributed by atoms with Crippen molar-refractivity contribution in [2.75, 3.05) is 24.5 Å². The summed E-state index contributed by atoms with van der Waals surface area (Å²) < 4.78 is 0. The van der Waals surface area contributed by atoms with E-state index in [2.05, 4.69) is 25.2 Å². The Hall–Kier alpha value is -2.41. The molecule has 0 aromatic carbocycles. The van der Waals surface area contributed by atoms with E-state index in [4.69, 9.17) is 0 Å². The molecular formula is C17H23N5O2. The molecule has 1 fully saturated rings. The van der Waals surface area contributed by atoms with E-state index >= 15 is 0 Å². The van der Waals surface area contributed by atoms with Crippen molar-refractivity contribution in [1.82, 2.24) is 20.3 Å². The Labute approximate surface area is 141 Å². The van der Waals surface area contributed by atoms with Gasteiger partial charge in [-0.2, -0.15) is 0 Å². The van der Waals surface area contributed by atoms with E-state index in [1.54, 1.807) is 24.7 Å². The summed E-state index contributed by atoms with van der Waals surface area (Å²) >= 11 is 0. The molecule has 1 unspecified atom stereocenters. The summed E-state index contributed by atoms with van der Waals surface area (Å²) in [7, 11) is 0. The van der Waals surface area contributed by atoms with Crippen LogP contribution in [0.2, 0.25) is 0 Å². The van der Waals surface area contributed by atoms with E-state index < -0.39 is 6.10 Å². The summed E-state index contributed by atoms with van der Waals surface area (Å²) in [4.78, 5) is 25.5. The first-order valence-electron chi connectivity index (χ1n) is 8.35. The van der Waals surface area contributed by atoms with Crippen LogP contribution in [0.1, 0.15) is 42.1 Å². The molecule has 0 radical (unpaired) electrons. The molecule has 1 amide bonds. The summed E-state index contributed by atoms with van der Waals surface area (Å²) in [5.41, 5.74) is 0.573. The van der Waals surface area contributed by atoms with Crippen LogP contribution < -0.4 is 10.2 Å². The molecule has 3 heterocycles. The fourth-order valence-electron chi connectivity index (χ4n) is 3.08. The highest BCUT2D eigenvalue weighted by atomic mass is 16.3. The number of nitrogens with zero attached hydrogens (tertiary/aromatic N) is 3. The van der Waals surface area contributed by atoms with Crippen molar-refractivity contribution < 1.29 is 9.90 Å². The number of aliphatic hydroxyl groups is 1. The second-order valence-corrected chi connectivity index (χ2v) is 6.01. The zero-order chi connectivity index (χ0) is 16.9. The molecule has 2 aromatic rings. The number of hydrogen-bond donors (Lipinski definition) is 3. The lowest BCUT2D eigenvalue weighted by Gasteiger charge is -2.34. The quantitative estimate of drug-likeness (QED) is 0.773. The normalized spacial score (nSPS) is 16.8.